The molecule has 7 heteroatoms. The zero-order valence-electron chi connectivity index (χ0n) is 15.0. The van der Waals surface area contributed by atoms with Crippen LogP contribution in [0, 0.1) is 20.8 Å². The largest absolute Gasteiger partial charge is 0.360 e. The zero-order chi connectivity index (χ0) is 17.5. The van der Waals surface area contributed by atoms with Gasteiger partial charge in [0.05, 0.1) is 11.3 Å². The number of hydrogen-bond donors (Lipinski definition) is 1. The molecule has 24 heavy (non-hydrogen) atoms. The average Bonchev–Trinajstić information content (AvgIpc) is 3.02. The van der Waals surface area contributed by atoms with Gasteiger partial charge in [-0.05, 0) is 47.6 Å². The molecule has 0 bridgehead atoms. The van der Waals surface area contributed by atoms with Crippen molar-refractivity contribution in [1.29, 1.82) is 0 Å². The van der Waals surface area contributed by atoms with Gasteiger partial charge < -0.3 is 4.52 Å². The predicted molar refractivity (Wildman–Crippen MR) is 99.4 cm³/mol. The maximum atomic E-state index is 5.21. The van der Waals surface area contributed by atoms with Crippen LogP contribution < -0.4 is 5.43 Å². The molecule has 2 aromatic heterocycles. The number of aryl methyl sites for hydroxylation is 2. The summed E-state index contributed by atoms with van der Waals surface area (Å²) in [6.45, 7) is 12.3. The van der Waals surface area contributed by atoms with E-state index in [-0.39, 0.29) is 5.54 Å². The molecule has 0 aromatic carbocycles. The molecular weight excluding hydrogens is 322 g/mol. The lowest BCUT2D eigenvalue weighted by Gasteiger charge is -2.19. The standard InChI is InChI=1S/C17H23N5OS/c1-10-7-13(12(3)22(10)15-8-11(2)23-21-15)14-9-24-16(20-19-14)18-17(4,5)6/h7-8H,9H2,1-6H3,(H,18,20). The van der Waals surface area contributed by atoms with Gasteiger partial charge in [0, 0.05) is 28.8 Å². The third-order valence-corrected chi connectivity index (χ3v) is 4.53. The van der Waals surface area contributed by atoms with Gasteiger partial charge in [-0.15, -0.1) is 0 Å². The summed E-state index contributed by atoms with van der Waals surface area (Å²) >= 11 is 1.68. The third-order valence-electron chi connectivity index (χ3n) is 3.66. The highest BCUT2D eigenvalue weighted by Gasteiger charge is 2.21. The summed E-state index contributed by atoms with van der Waals surface area (Å²) in [5, 5.41) is 9.53. The molecule has 0 unspecified atom stereocenters. The van der Waals surface area contributed by atoms with E-state index in [1.54, 1.807) is 11.8 Å². The highest BCUT2D eigenvalue weighted by Crippen LogP contribution is 2.24. The first-order valence-electron chi connectivity index (χ1n) is 7.93. The van der Waals surface area contributed by atoms with Gasteiger partial charge in [-0.1, -0.05) is 16.9 Å². The number of hydrogen-bond acceptors (Lipinski definition) is 5. The number of nitrogens with one attached hydrogen (secondary N) is 1. The van der Waals surface area contributed by atoms with Crippen LogP contribution in [0.5, 0.6) is 0 Å². The normalized spacial score (nSPS) is 17.1. The summed E-state index contributed by atoms with van der Waals surface area (Å²) in [6, 6.07) is 4.08. The van der Waals surface area contributed by atoms with Crippen LogP contribution >= 0.6 is 11.8 Å². The lowest BCUT2D eigenvalue weighted by Crippen LogP contribution is -2.28. The van der Waals surface area contributed by atoms with E-state index in [0.29, 0.717) is 0 Å². The maximum absolute atomic E-state index is 5.21. The summed E-state index contributed by atoms with van der Waals surface area (Å²) in [5.41, 5.74) is 7.34. The van der Waals surface area contributed by atoms with Crippen LogP contribution in [0.1, 0.15) is 43.5 Å². The van der Waals surface area contributed by atoms with E-state index in [0.717, 1.165) is 45.2 Å². The van der Waals surface area contributed by atoms with Crippen LogP contribution in [0.15, 0.2) is 26.7 Å². The molecule has 0 saturated carbocycles. The molecule has 0 radical (unpaired) electrons. The van der Waals surface area contributed by atoms with Crippen LogP contribution in [0.25, 0.3) is 5.82 Å². The number of hydrazone groups is 1. The first-order valence-corrected chi connectivity index (χ1v) is 8.91. The summed E-state index contributed by atoms with van der Waals surface area (Å²) in [4.78, 5) is 4.63. The lowest BCUT2D eigenvalue weighted by atomic mass is 10.1. The first-order chi connectivity index (χ1) is 11.2. The number of thioether (sulfide) groups is 1. The Bertz CT molecular complexity index is 823. The van der Waals surface area contributed by atoms with Crippen molar-refractivity contribution in [2.24, 2.45) is 10.1 Å². The molecule has 3 rings (SSSR count). The molecule has 128 valence electrons. The molecule has 0 spiro atoms. The van der Waals surface area contributed by atoms with Crippen molar-refractivity contribution >= 4 is 22.6 Å². The number of amidine groups is 1. The van der Waals surface area contributed by atoms with Gasteiger partial charge in [-0.3, -0.25) is 15.0 Å². The summed E-state index contributed by atoms with van der Waals surface area (Å²) in [7, 11) is 0. The fourth-order valence-electron chi connectivity index (χ4n) is 2.68. The molecule has 3 heterocycles. The molecule has 0 aliphatic carbocycles. The van der Waals surface area contributed by atoms with E-state index in [1.807, 2.05) is 13.0 Å². The van der Waals surface area contributed by atoms with E-state index >= 15 is 0 Å². The topological polar surface area (TPSA) is 67.7 Å². The summed E-state index contributed by atoms with van der Waals surface area (Å²) in [6.07, 6.45) is 0. The van der Waals surface area contributed by atoms with Crippen molar-refractivity contribution in [2.45, 2.75) is 47.1 Å². The van der Waals surface area contributed by atoms with Crippen LogP contribution in [-0.4, -0.2) is 31.9 Å². The van der Waals surface area contributed by atoms with Gasteiger partial charge in [0.25, 0.3) is 0 Å². The van der Waals surface area contributed by atoms with Crippen LogP contribution in [0.2, 0.25) is 0 Å². The second-order valence-electron chi connectivity index (χ2n) is 6.96. The number of rotatable bonds is 2. The summed E-state index contributed by atoms with van der Waals surface area (Å²) in [5.74, 6) is 2.40. The fourth-order valence-corrected chi connectivity index (χ4v) is 3.62. The van der Waals surface area contributed by atoms with Crippen molar-refractivity contribution in [3.8, 4) is 5.82 Å². The van der Waals surface area contributed by atoms with Gasteiger partial charge in [0.2, 0.25) is 0 Å². The van der Waals surface area contributed by atoms with E-state index in [2.05, 4.69) is 65.9 Å². The highest BCUT2D eigenvalue weighted by atomic mass is 32.2. The second-order valence-corrected chi connectivity index (χ2v) is 7.93. The van der Waals surface area contributed by atoms with Crippen molar-refractivity contribution in [3.05, 3.63) is 34.8 Å². The van der Waals surface area contributed by atoms with Crippen molar-refractivity contribution in [3.63, 3.8) is 0 Å². The van der Waals surface area contributed by atoms with Crippen molar-refractivity contribution < 1.29 is 4.52 Å². The Morgan fingerprint density at radius 2 is 2.00 bits per heavy atom. The molecule has 1 aliphatic rings. The molecular formula is C17H23N5OS. The zero-order valence-corrected chi connectivity index (χ0v) is 15.8. The average molecular weight is 345 g/mol. The predicted octanol–water partition coefficient (Wildman–Crippen LogP) is 3.59. The van der Waals surface area contributed by atoms with Crippen LogP contribution in [0.4, 0.5) is 0 Å². The minimum atomic E-state index is -0.108. The number of aromatic nitrogens is 2. The molecule has 0 atom stereocenters. The molecule has 1 N–H and O–H groups in total. The Morgan fingerprint density at radius 1 is 1.25 bits per heavy atom. The minimum absolute atomic E-state index is 0.108. The van der Waals surface area contributed by atoms with E-state index < -0.39 is 0 Å². The smallest absolute Gasteiger partial charge is 0.180 e. The van der Waals surface area contributed by atoms with Gasteiger partial charge in [-0.2, -0.15) is 5.10 Å². The second kappa shape index (κ2) is 6.12. The Labute approximate surface area is 146 Å². The molecule has 2 aromatic rings. The molecule has 0 saturated heterocycles. The minimum Gasteiger partial charge on any atom is -0.360 e. The van der Waals surface area contributed by atoms with E-state index in [4.69, 9.17) is 4.52 Å². The molecule has 6 nitrogen and oxygen atoms in total. The van der Waals surface area contributed by atoms with Gasteiger partial charge in [0.15, 0.2) is 11.0 Å². The Hall–Kier alpha value is -2.02. The fraction of sp³-hybridized carbons (Fsp3) is 0.471. The van der Waals surface area contributed by atoms with Crippen LogP contribution in [-0.2, 0) is 0 Å². The maximum Gasteiger partial charge on any atom is 0.180 e. The van der Waals surface area contributed by atoms with Gasteiger partial charge in [0.1, 0.15) is 5.76 Å². The molecule has 1 aliphatic heterocycles. The molecule has 0 fully saturated rings. The van der Waals surface area contributed by atoms with E-state index in [1.165, 1.54) is 0 Å². The Balaban J connectivity index is 1.91. The van der Waals surface area contributed by atoms with Crippen molar-refractivity contribution in [2.75, 3.05) is 5.75 Å². The highest BCUT2D eigenvalue weighted by molar-refractivity contribution is 8.14. The van der Waals surface area contributed by atoms with E-state index in [9.17, 15) is 0 Å². The number of aliphatic imine (C=N–C) groups is 1. The van der Waals surface area contributed by atoms with Gasteiger partial charge in [-0.25, -0.2) is 0 Å². The van der Waals surface area contributed by atoms with Crippen LogP contribution in [0.3, 0.4) is 0 Å². The third kappa shape index (κ3) is 3.40. The Morgan fingerprint density at radius 3 is 2.54 bits per heavy atom. The van der Waals surface area contributed by atoms with Crippen molar-refractivity contribution in [1.82, 2.24) is 15.1 Å². The lowest BCUT2D eigenvalue weighted by molar-refractivity contribution is 0.394. The quantitative estimate of drug-likeness (QED) is 0.903. The summed E-state index contributed by atoms with van der Waals surface area (Å²) < 4.78 is 7.31. The molecule has 0 amide bonds. The monoisotopic (exact) mass is 345 g/mol. The first kappa shape index (κ1) is 16.8. The van der Waals surface area contributed by atoms with Gasteiger partial charge >= 0.3 is 0 Å². The Kier molecular flexibility index (Phi) is 4.29. The number of nitrogens with zero attached hydrogens (tertiary/aromatic N) is 4. The SMILES string of the molecule is Cc1cc(-n2c(C)cc(C3=NNC(=NC(C)(C)C)SC3)c2C)no1.